The van der Waals surface area contributed by atoms with Crippen molar-refractivity contribution >= 4 is 59.0 Å². The number of nitrogens with zero attached hydrogens (tertiary/aromatic N) is 1. The molecular formula is C10H10Br2N4O2S2. The van der Waals surface area contributed by atoms with E-state index in [1.54, 1.807) is 0 Å². The van der Waals surface area contributed by atoms with Crippen LogP contribution in [0.4, 0.5) is 5.82 Å². The first kappa shape index (κ1) is 15.9. The minimum absolute atomic E-state index is 0.00926. The van der Waals surface area contributed by atoms with Crippen molar-refractivity contribution in [3.8, 4) is 0 Å². The number of anilines is 1. The molecule has 6 nitrogen and oxygen atoms in total. The van der Waals surface area contributed by atoms with Crippen LogP contribution in [0.2, 0.25) is 0 Å². The Balaban J connectivity index is 2.24. The fourth-order valence-corrected chi connectivity index (χ4v) is 4.54. The van der Waals surface area contributed by atoms with Gasteiger partial charge in [0.25, 0.3) is 0 Å². The van der Waals surface area contributed by atoms with Crippen molar-refractivity contribution in [3.63, 3.8) is 0 Å². The van der Waals surface area contributed by atoms with Crippen LogP contribution in [0.1, 0.15) is 4.88 Å². The van der Waals surface area contributed by atoms with E-state index in [0.717, 1.165) is 9.35 Å². The van der Waals surface area contributed by atoms with Gasteiger partial charge in [-0.25, -0.2) is 24.0 Å². The topological polar surface area (TPSA) is 97.1 Å². The summed E-state index contributed by atoms with van der Waals surface area (Å²) in [6, 6.07) is 3.29. The van der Waals surface area contributed by atoms with Gasteiger partial charge in [-0.05, 0) is 44.0 Å². The Morgan fingerprint density at radius 1 is 1.30 bits per heavy atom. The van der Waals surface area contributed by atoms with Crippen molar-refractivity contribution in [3.05, 3.63) is 37.5 Å². The number of nitrogen functional groups attached to an aromatic ring is 1. The zero-order chi connectivity index (χ0) is 14.8. The van der Waals surface area contributed by atoms with E-state index in [4.69, 9.17) is 5.84 Å². The molecule has 0 fully saturated rings. The van der Waals surface area contributed by atoms with Gasteiger partial charge in [0.05, 0.1) is 0 Å². The van der Waals surface area contributed by atoms with Gasteiger partial charge >= 0.3 is 0 Å². The molecule has 20 heavy (non-hydrogen) atoms. The van der Waals surface area contributed by atoms with E-state index in [1.165, 1.54) is 23.6 Å². The van der Waals surface area contributed by atoms with Crippen molar-refractivity contribution < 1.29 is 8.42 Å². The lowest BCUT2D eigenvalue weighted by molar-refractivity contribution is 0.581. The number of aromatic nitrogens is 1. The summed E-state index contributed by atoms with van der Waals surface area (Å²) in [6.45, 7) is 0.203. The molecule has 0 atom stereocenters. The molecule has 0 aromatic carbocycles. The highest BCUT2D eigenvalue weighted by atomic mass is 79.9. The van der Waals surface area contributed by atoms with Crippen LogP contribution in [-0.4, -0.2) is 13.4 Å². The Hall–Kier alpha value is -0.520. The number of hydrogen-bond acceptors (Lipinski definition) is 6. The summed E-state index contributed by atoms with van der Waals surface area (Å²) < 4.78 is 28.5. The van der Waals surface area contributed by atoms with Crippen LogP contribution in [-0.2, 0) is 16.6 Å². The maximum atomic E-state index is 12.3. The smallest absolute Gasteiger partial charge is 0.244 e. The lowest BCUT2D eigenvalue weighted by Gasteiger charge is -2.10. The third kappa shape index (κ3) is 3.77. The second-order valence-corrected chi connectivity index (χ2v) is 8.26. The van der Waals surface area contributed by atoms with Gasteiger partial charge in [-0.15, -0.1) is 11.3 Å². The normalized spacial score (nSPS) is 11.6. The predicted molar refractivity (Wildman–Crippen MR) is 85.8 cm³/mol. The number of nitrogens with one attached hydrogen (secondary N) is 2. The Morgan fingerprint density at radius 2 is 2.05 bits per heavy atom. The predicted octanol–water partition coefficient (Wildman–Crippen LogP) is 2.43. The van der Waals surface area contributed by atoms with E-state index >= 15 is 0 Å². The molecule has 0 aliphatic heterocycles. The summed E-state index contributed by atoms with van der Waals surface area (Å²) in [5, 5.41) is 1.89. The molecule has 0 spiro atoms. The van der Waals surface area contributed by atoms with E-state index in [-0.39, 0.29) is 17.3 Å². The number of halogens is 2. The minimum atomic E-state index is -3.71. The largest absolute Gasteiger partial charge is 0.307 e. The number of hydrogen-bond donors (Lipinski definition) is 3. The molecular weight excluding hydrogens is 432 g/mol. The van der Waals surface area contributed by atoms with Crippen molar-refractivity contribution in [2.24, 2.45) is 5.84 Å². The number of thiophene rings is 1. The van der Waals surface area contributed by atoms with Gasteiger partial charge in [-0.2, -0.15) is 0 Å². The molecule has 0 aliphatic rings. The van der Waals surface area contributed by atoms with Crippen LogP contribution in [0.25, 0.3) is 0 Å². The van der Waals surface area contributed by atoms with Crippen LogP contribution < -0.4 is 16.0 Å². The molecule has 0 unspecified atom stereocenters. The molecule has 0 aliphatic carbocycles. The van der Waals surface area contributed by atoms with Gasteiger partial charge in [0.15, 0.2) is 5.82 Å². The molecule has 10 heteroatoms. The summed E-state index contributed by atoms with van der Waals surface area (Å²) >= 11 is 7.97. The van der Waals surface area contributed by atoms with Gasteiger partial charge in [0.2, 0.25) is 10.0 Å². The molecule has 108 valence electrons. The summed E-state index contributed by atoms with van der Waals surface area (Å²) in [5.41, 5.74) is 2.28. The van der Waals surface area contributed by atoms with Crippen molar-refractivity contribution in [1.82, 2.24) is 9.71 Å². The van der Waals surface area contributed by atoms with E-state index in [0.29, 0.717) is 4.47 Å². The monoisotopic (exact) mass is 440 g/mol. The van der Waals surface area contributed by atoms with Crippen LogP contribution >= 0.6 is 43.2 Å². The lowest BCUT2D eigenvalue weighted by Crippen LogP contribution is -2.25. The van der Waals surface area contributed by atoms with E-state index < -0.39 is 10.0 Å². The second kappa shape index (κ2) is 6.50. The molecule has 2 rings (SSSR count). The van der Waals surface area contributed by atoms with Gasteiger partial charge in [-0.1, -0.05) is 0 Å². The summed E-state index contributed by atoms with van der Waals surface area (Å²) in [6.07, 6.45) is 1.46. The Labute approximate surface area is 137 Å². The fourth-order valence-electron chi connectivity index (χ4n) is 1.42. The van der Waals surface area contributed by atoms with Gasteiger partial charge in [0.1, 0.15) is 4.90 Å². The highest BCUT2D eigenvalue weighted by Gasteiger charge is 2.20. The Morgan fingerprint density at radius 3 is 2.65 bits per heavy atom. The second-order valence-electron chi connectivity index (χ2n) is 3.70. The molecule has 0 saturated carbocycles. The Bertz CT molecular complexity index is 718. The molecule has 0 amide bonds. The van der Waals surface area contributed by atoms with Crippen molar-refractivity contribution in [1.29, 1.82) is 0 Å². The maximum absolute atomic E-state index is 12.3. The summed E-state index contributed by atoms with van der Waals surface area (Å²) in [7, 11) is -3.71. The first-order valence-corrected chi connectivity index (χ1v) is 9.22. The number of nitrogens with two attached hydrogens (primary N) is 1. The summed E-state index contributed by atoms with van der Waals surface area (Å²) in [4.78, 5) is 4.80. The highest BCUT2D eigenvalue weighted by molar-refractivity contribution is 9.10. The molecule has 0 saturated heterocycles. The molecule has 2 aromatic heterocycles. The van der Waals surface area contributed by atoms with Gasteiger partial charge in [0, 0.05) is 31.9 Å². The van der Waals surface area contributed by atoms with Crippen LogP contribution in [0.15, 0.2) is 37.6 Å². The van der Waals surface area contributed by atoms with E-state index in [1.807, 2.05) is 11.4 Å². The fraction of sp³-hybridized carbons (Fsp3) is 0.100. The third-order valence-corrected chi connectivity index (χ3v) is 5.85. The molecule has 4 N–H and O–H groups in total. The SMILES string of the molecule is NNc1ncc(Br)cc1S(=O)(=O)NCc1cc(Br)cs1. The molecule has 2 heterocycles. The van der Waals surface area contributed by atoms with Crippen molar-refractivity contribution in [2.45, 2.75) is 11.4 Å². The van der Waals surface area contributed by atoms with Crippen LogP contribution in [0.3, 0.4) is 0 Å². The van der Waals surface area contributed by atoms with Gasteiger partial charge in [-0.3, -0.25) is 0 Å². The first-order valence-electron chi connectivity index (χ1n) is 5.27. The average Bonchev–Trinajstić information content (AvgIpc) is 2.82. The average molecular weight is 442 g/mol. The van der Waals surface area contributed by atoms with Crippen LogP contribution in [0.5, 0.6) is 0 Å². The zero-order valence-corrected chi connectivity index (χ0v) is 14.7. The maximum Gasteiger partial charge on any atom is 0.244 e. The quantitative estimate of drug-likeness (QED) is 0.489. The first-order chi connectivity index (χ1) is 9.42. The summed E-state index contributed by atoms with van der Waals surface area (Å²) in [5.74, 6) is 5.37. The van der Waals surface area contributed by atoms with Crippen molar-refractivity contribution in [2.75, 3.05) is 5.43 Å². The number of pyridine rings is 1. The van der Waals surface area contributed by atoms with Gasteiger partial charge < -0.3 is 5.43 Å². The molecule has 2 aromatic rings. The van der Waals surface area contributed by atoms with E-state index in [9.17, 15) is 8.42 Å². The number of rotatable bonds is 5. The number of hydrazine groups is 1. The van der Waals surface area contributed by atoms with Crippen LogP contribution in [0, 0.1) is 0 Å². The third-order valence-electron chi connectivity index (χ3n) is 2.30. The number of sulfonamides is 1. The Kier molecular flexibility index (Phi) is 5.15. The van der Waals surface area contributed by atoms with E-state index in [2.05, 4.69) is 47.0 Å². The standard InChI is InChI=1S/C10H10Br2N4O2S2/c11-6-2-9(10(16-13)14-3-6)20(17,18)15-4-8-1-7(12)5-19-8/h1-3,5,15H,4,13H2,(H,14,16). The lowest BCUT2D eigenvalue weighted by atomic mass is 10.5. The molecule has 0 radical (unpaired) electrons. The molecule has 0 bridgehead atoms. The zero-order valence-electron chi connectivity index (χ0n) is 9.93. The minimum Gasteiger partial charge on any atom is -0.307 e. The highest BCUT2D eigenvalue weighted by Crippen LogP contribution is 2.23.